The number of carboxylic acid groups (broad SMARTS) is 1. The molecule has 1 N–H and O–H groups in total. The number of fused-ring (bicyclic) bond motifs is 1. The summed E-state index contributed by atoms with van der Waals surface area (Å²) in [7, 11) is 1.57. The Labute approximate surface area is 111 Å². The van der Waals surface area contributed by atoms with E-state index >= 15 is 0 Å². The number of benzene rings is 1. The average Bonchev–Trinajstić information content (AvgIpc) is 2.43. The molecule has 5 heteroatoms. The van der Waals surface area contributed by atoms with Crippen LogP contribution in [0.4, 0.5) is 0 Å². The minimum absolute atomic E-state index is 0.0493. The van der Waals surface area contributed by atoms with Crippen LogP contribution in [0.15, 0.2) is 18.2 Å². The van der Waals surface area contributed by atoms with Gasteiger partial charge in [0.05, 0.1) is 18.6 Å². The maximum absolute atomic E-state index is 11.9. The Kier molecular flexibility index (Phi) is 4.16. The number of carboxylic acids is 1. The standard InChI is InChI=1S/C14H17NO4/c1-19-7-5-13(16)15-6-4-10-2-3-11(14(17)18)8-12(10)9-15/h2-3,8H,4-7,9H2,1H3,(H,17,18). The maximum Gasteiger partial charge on any atom is 0.335 e. The third-order valence-corrected chi connectivity index (χ3v) is 3.34. The summed E-state index contributed by atoms with van der Waals surface area (Å²) >= 11 is 0. The van der Waals surface area contributed by atoms with Gasteiger partial charge in [0.25, 0.3) is 0 Å². The minimum atomic E-state index is -0.939. The Morgan fingerprint density at radius 1 is 1.37 bits per heavy atom. The van der Waals surface area contributed by atoms with Gasteiger partial charge in [-0.15, -0.1) is 0 Å². The zero-order valence-electron chi connectivity index (χ0n) is 10.9. The van der Waals surface area contributed by atoms with E-state index in [0.29, 0.717) is 26.1 Å². The summed E-state index contributed by atoms with van der Waals surface area (Å²) in [5.41, 5.74) is 2.32. The van der Waals surface area contributed by atoms with Gasteiger partial charge in [0.1, 0.15) is 0 Å². The first kappa shape index (κ1) is 13.5. The van der Waals surface area contributed by atoms with Crippen molar-refractivity contribution in [3.05, 3.63) is 34.9 Å². The molecule has 0 atom stereocenters. The van der Waals surface area contributed by atoms with Crippen LogP contribution in [0, 0.1) is 0 Å². The van der Waals surface area contributed by atoms with E-state index in [9.17, 15) is 9.59 Å². The Hall–Kier alpha value is -1.88. The van der Waals surface area contributed by atoms with E-state index in [-0.39, 0.29) is 11.5 Å². The lowest BCUT2D eigenvalue weighted by molar-refractivity contribution is -0.133. The first-order valence-corrected chi connectivity index (χ1v) is 6.23. The molecule has 1 aromatic carbocycles. The normalized spacial score (nSPS) is 14.1. The van der Waals surface area contributed by atoms with Crippen molar-refractivity contribution >= 4 is 11.9 Å². The highest BCUT2D eigenvalue weighted by Crippen LogP contribution is 2.21. The third-order valence-electron chi connectivity index (χ3n) is 3.34. The number of hydrogen-bond acceptors (Lipinski definition) is 3. The van der Waals surface area contributed by atoms with Crippen LogP contribution in [0.25, 0.3) is 0 Å². The quantitative estimate of drug-likeness (QED) is 0.889. The number of carbonyl (C=O) groups is 2. The van der Waals surface area contributed by atoms with Crippen LogP contribution in [0.3, 0.4) is 0 Å². The summed E-state index contributed by atoms with van der Waals surface area (Å²) in [6.07, 6.45) is 1.14. The molecule has 0 radical (unpaired) electrons. The largest absolute Gasteiger partial charge is 0.478 e. The first-order valence-electron chi connectivity index (χ1n) is 6.23. The van der Waals surface area contributed by atoms with Gasteiger partial charge in [0.2, 0.25) is 5.91 Å². The van der Waals surface area contributed by atoms with E-state index in [1.807, 2.05) is 6.07 Å². The zero-order chi connectivity index (χ0) is 13.8. The highest BCUT2D eigenvalue weighted by atomic mass is 16.5. The van der Waals surface area contributed by atoms with Crippen LogP contribution < -0.4 is 0 Å². The lowest BCUT2D eigenvalue weighted by atomic mass is 9.97. The summed E-state index contributed by atoms with van der Waals surface area (Å²) in [4.78, 5) is 24.6. The number of amides is 1. The Bertz CT molecular complexity index is 498. The molecule has 0 bridgehead atoms. The van der Waals surface area contributed by atoms with E-state index in [0.717, 1.165) is 17.5 Å². The van der Waals surface area contributed by atoms with Crippen LogP contribution >= 0.6 is 0 Å². The zero-order valence-corrected chi connectivity index (χ0v) is 10.9. The van der Waals surface area contributed by atoms with Gasteiger partial charge in [0.15, 0.2) is 0 Å². The molecule has 19 heavy (non-hydrogen) atoms. The van der Waals surface area contributed by atoms with Gasteiger partial charge in [-0.3, -0.25) is 4.79 Å². The molecule has 1 aromatic rings. The van der Waals surface area contributed by atoms with Gasteiger partial charge >= 0.3 is 5.97 Å². The number of nitrogens with zero attached hydrogens (tertiary/aromatic N) is 1. The van der Waals surface area contributed by atoms with Gasteiger partial charge in [0, 0.05) is 20.2 Å². The molecule has 0 fully saturated rings. The van der Waals surface area contributed by atoms with Crippen LogP contribution in [0.1, 0.15) is 27.9 Å². The second-order valence-electron chi connectivity index (χ2n) is 4.60. The molecule has 1 aliphatic rings. The van der Waals surface area contributed by atoms with E-state index in [2.05, 4.69) is 0 Å². The predicted molar refractivity (Wildman–Crippen MR) is 69.0 cm³/mol. The molecule has 0 aromatic heterocycles. The topological polar surface area (TPSA) is 66.8 Å². The van der Waals surface area contributed by atoms with Crippen molar-refractivity contribution in [2.45, 2.75) is 19.4 Å². The van der Waals surface area contributed by atoms with Crippen LogP contribution in [-0.2, 0) is 22.5 Å². The Morgan fingerprint density at radius 2 is 2.16 bits per heavy atom. The van der Waals surface area contributed by atoms with Crippen molar-refractivity contribution in [3.8, 4) is 0 Å². The fourth-order valence-electron chi connectivity index (χ4n) is 2.25. The smallest absolute Gasteiger partial charge is 0.335 e. The summed E-state index contributed by atoms with van der Waals surface area (Å²) in [6.45, 7) is 1.58. The van der Waals surface area contributed by atoms with Crippen molar-refractivity contribution in [3.63, 3.8) is 0 Å². The minimum Gasteiger partial charge on any atom is -0.478 e. The molecule has 0 spiro atoms. The molecule has 0 aliphatic carbocycles. The van der Waals surface area contributed by atoms with Crippen LogP contribution in [-0.4, -0.2) is 42.1 Å². The lowest BCUT2D eigenvalue weighted by Crippen LogP contribution is -2.36. The fraction of sp³-hybridized carbons (Fsp3) is 0.429. The van der Waals surface area contributed by atoms with Crippen molar-refractivity contribution in [1.29, 1.82) is 0 Å². The molecule has 2 rings (SSSR count). The van der Waals surface area contributed by atoms with Gasteiger partial charge < -0.3 is 14.7 Å². The number of aromatic carboxylic acids is 1. The average molecular weight is 263 g/mol. The molecule has 102 valence electrons. The van der Waals surface area contributed by atoms with Crippen molar-refractivity contribution in [2.75, 3.05) is 20.3 Å². The third kappa shape index (κ3) is 3.12. The van der Waals surface area contributed by atoms with E-state index in [4.69, 9.17) is 9.84 Å². The van der Waals surface area contributed by atoms with Crippen molar-refractivity contribution < 1.29 is 19.4 Å². The summed E-state index contributed by atoms with van der Waals surface area (Å²) in [6, 6.07) is 5.12. The number of hydrogen-bond donors (Lipinski definition) is 1. The van der Waals surface area contributed by atoms with Gasteiger partial charge in [-0.2, -0.15) is 0 Å². The number of carbonyl (C=O) groups excluding carboxylic acids is 1. The molecular formula is C14H17NO4. The number of ether oxygens (including phenoxy) is 1. The van der Waals surface area contributed by atoms with E-state index in [1.165, 1.54) is 0 Å². The fourth-order valence-corrected chi connectivity index (χ4v) is 2.25. The van der Waals surface area contributed by atoms with Gasteiger partial charge in [-0.25, -0.2) is 4.79 Å². The Balaban J connectivity index is 2.11. The van der Waals surface area contributed by atoms with Gasteiger partial charge in [-0.1, -0.05) is 6.07 Å². The highest BCUT2D eigenvalue weighted by molar-refractivity contribution is 5.88. The molecule has 1 aliphatic heterocycles. The highest BCUT2D eigenvalue weighted by Gasteiger charge is 2.21. The molecule has 5 nitrogen and oxygen atoms in total. The van der Waals surface area contributed by atoms with Crippen molar-refractivity contribution in [2.24, 2.45) is 0 Å². The summed E-state index contributed by atoms with van der Waals surface area (Å²) in [5, 5.41) is 8.98. The number of rotatable bonds is 4. The Morgan fingerprint density at radius 3 is 2.84 bits per heavy atom. The maximum atomic E-state index is 11.9. The lowest BCUT2D eigenvalue weighted by Gasteiger charge is -2.29. The van der Waals surface area contributed by atoms with Gasteiger partial charge in [-0.05, 0) is 29.7 Å². The second-order valence-corrected chi connectivity index (χ2v) is 4.60. The SMILES string of the molecule is COCCC(=O)N1CCc2ccc(C(=O)O)cc2C1. The molecule has 0 saturated carbocycles. The molecular weight excluding hydrogens is 246 g/mol. The van der Waals surface area contributed by atoms with Crippen molar-refractivity contribution in [1.82, 2.24) is 4.90 Å². The second kappa shape index (κ2) is 5.84. The van der Waals surface area contributed by atoms with E-state index < -0.39 is 5.97 Å². The molecule has 0 unspecified atom stereocenters. The van der Waals surface area contributed by atoms with Crippen LogP contribution in [0.2, 0.25) is 0 Å². The molecule has 1 heterocycles. The predicted octanol–water partition coefficient (Wildman–Crippen LogP) is 1.31. The number of methoxy groups -OCH3 is 1. The molecule has 0 saturated heterocycles. The van der Waals surface area contributed by atoms with E-state index in [1.54, 1.807) is 24.1 Å². The summed E-state index contributed by atoms with van der Waals surface area (Å²) in [5.74, 6) is -0.890. The monoisotopic (exact) mass is 263 g/mol. The van der Waals surface area contributed by atoms with Crippen LogP contribution in [0.5, 0.6) is 0 Å². The first-order chi connectivity index (χ1) is 9.11. The molecule has 1 amide bonds. The summed E-state index contributed by atoms with van der Waals surface area (Å²) < 4.78 is 4.90.